The molecule has 6 nitrogen and oxygen atoms in total. The Hall–Kier alpha value is -1.12. The molecule has 0 aliphatic carbocycles. The number of halogens is 1. The lowest BCUT2D eigenvalue weighted by Crippen LogP contribution is -2.40. The number of carbonyl (C=O) groups is 1. The molecular weight excluding hydrogens is 362 g/mol. The van der Waals surface area contributed by atoms with E-state index in [0.29, 0.717) is 16.6 Å². The Kier molecular flexibility index (Phi) is 6.63. The van der Waals surface area contributed by atoms with Crippen LogP contribution in [0, 0.1) is 0 Å². The van der Waals surface area contributed by atoms with Crippen molar-refractivity contribution in [3.05, 3.63) is 22.7 Å². The molecule has 1 rings (SSSR count). The van der Waals surface area contributed by atoms with Crippen LogP contribution in [0.2, 0.25) is 0 Å². The third kappa shape index (κ3) is 4.98. The number of carboxylic acid groups (broad SMARTS) is 1. The minimum Gasteiger partial charge on any atom is -0.497 e. The highest BCUT2D eigenvalue weighted by Gasteiger charge is 2.26. The Balaban J connectivity index is 3.07. The molecule has 0 aliphatic heterocycles. The summed E-state index contributed by atoms with van der Waals surface area (Å²) >= 11 is 3.15. The Morgan fingerprint density at radius 1 is 1.48 bits per heavy atom. The fourth-order valence-electron chi connectivity index (χ4n) is 1.71. The summed E-state index contributed by atoms with van der Waals surface area (Å²) in [6, 6.07) is 3.34. The second-order valence-electron chi connectivity index (χ2n) is 4.45. The van der Waals surface area contributed by atoms with E-state index in [-0.39, 0.29) is 11.3 Å². The SMILES string of the molecule is CCCCC(NS(=O)(=O)c1cc(OC)ccc1Br)C(=O)O. The van der Waals surface area contributed by atoms with E-state index in [1.54, 1.807) is 6.07 Å². The van der Waals surface area contributed by atoms with Crippen LogP contribution in [-0.2, 0) is 14.8 Å². The maximum absolute atomic E-state index is 12.3. The van der Waals surface area contributed by atoms with E-state index < -0.39 is 22.0 Å². The molecular formula is C13H18BrNO5S. The zero-order valence-corrected chi connectivity index (χ0v) is 14.2. The number of sulfonamides is 1. The lowest BCUT2D eigenvalue weighted by molar-refractivity contribution is -0.139. The number of hydrogen-bond donors (Lipinski definition) is 2. The van der Waals surface area contributed by atoms with Gasteiger partial charge in [0, 0.05) is 10.5 Å². The van der Waals surface area contributed by atoms with Gasteiger partial charge in [-0.05, 0) is 34.5 Å². The van der Waals surface area contributed by atoms with Crippen LogP contribution < -0.4 is 9.46 Å². The molecule has 0 heterocycles. The van der Waals surface area contributed by atoms with Crippen molar-refractivity contribution in [1.29, 1.82) is 0 Å². The van der Waals surface area contributed by atoms with E-state index in [1.807, 2.05) is 6.92 Å². The molecule has 21 heavy (non-hydrogen) atoms. The van der Waals surface area contributed by atoms with Gasteiger partial charge in [-0.15, -0.1) is 0 Å². The second-order valence-corrected chi connectivity index (χ2v) is 6.99. The molecule has 0 fully saturated rings. The van der Waals surface area contributed by atoms with Gasteiger partial charge in [0.2, 0.25) is 10.0 Å². The first-order valence-corrected chi connectivity index (χ1v) is 8.68. The minimum atomic E-state index is -3.96. The van der Waals surface area contributed by atoms with Gasteiger partial charge in [-0.2, -0.15) is 4.72 Å². The van der Waals surface area contributed by atoms with Crippen molar-refractivity contribution < 1.29 is 23.1 Å². The minimum absolute atomic E-state index is 0.0513. The van der Waals surface area contributed by atoms with Gasteiger partial charge in [-0.25, -0.2) is 8.42 Å². The number of methoxy groups -OCH3 is 1. The summed E-state index contributed by atoms with van der Waals surface area (Å²) < 4.78 is 32.2. The Morgan fingerprint density at radius 2 is 2.14 bits per heavy atom. The zero-order chi connectivity index (χ0) is 16.0. The predicted octanol–water partition coefficient (Wildman–Crippen LogP) is 2.38. The van der Waals surface area contributed by atoms with Crippen LogP contribution >= 0.6 is 15.9 Å². The molecule has 1 unspecified atom stereocenters. The van der Waals surface area contributed by atoms with Gasteiger partial charge in [0.25, 0.3) is 0 Å². The van der Waals surface area contributed by atoms with Gasteiger partial charge in [-0.1, -0.05) is 19.8 Å². The summed E-state index contributed by atoms with van der Waals surface area (Å²) in [7, 11) is -2.53. The molecule has 0 bridgehead atoms. The van der Waals surface area contributed by atoms with Crippen LogP contribution in [0.5, 0.6) is 5.75 Å². The lowest BCUT2D eigenvalue weighted by Gasteiger charge is -2.15. The van der Waals surface area contributed by atoms with Gasteiger partial charge < -0.3 is 9.84 Å². The summed E-state index contributed by atoms with van der Waals surface area (Å²) in [6.07, 6.45) is 1.65. The maximum Gasteiger partial charge on any atom is 0.321 e. The van der Waals surface area contributed by atoms with Crippen molar-refractivity contribution in [3.8, 4) is 5.75 Å². The van der Waals surface area contributed by atoms with E-state index in [1.165, 1.54) is 19.2 Å². The summed E-state index contributed by atoms with van der Waals surface area (Å²) in [6.45, 7) is 1.91. The third-order valence-electron chi connectivity index (χ3n) is 2.87. The highest BCUT2D eigenvalue weighted by molar-refractivity contribution is 9.10. The van der Waals surface area contributed by atoms with E-state index in [0.717, 1.165) is 6.42 Å². The quantitative estimate of drug-likeness (QED) is 0.723. The monoisotopic (exact) mass is 379 g/mol. The molecule has 118 valence electrons. The molecule has 1 atom stereocenters. The number of nitrogens with one attached hydrogen (secondary N) is 1. The van der Waals surface area contributed by atoms with Gasteiger partial charge >= 0.3 is 5.97 Å². The summed E-state index contributed by atoms with van der Waals surface area (Å²) in [4.78, 5) is 11.1. The maximum atomic E-state index is 12.3. The van der Waals surface area contributed by atoms with E-state index >= 15 is 0 Å². The molecule has 8 heteroatoms. The van der Waals surface area contributed by atoms with Crippen molar-refractivity contribution in [1.82, 2.24) is 4.72 Å². The fraction of sp³-hybridized carbons (Fsp3) is 0.462. The van der Waals surface area contributed by atoms with Crippen LogP contribution in [0.4, 0.5) is 0 Å². The highest BCUT2D eigenvalue weighted by Crippen LogP contribution is 2.26. The summed E-state index contributed by atoms with van der Waals surface area (Å²) in [5.41, 5.74) is 0. The number of ether oxygens (including phenoxy) is 1. The summed E-state index contributed by atoms with van der Waals surface area (Å²) in [5, 5.41) is 9.12. The van der Waals surface area contributed by atoms with Crippen LogP contribution in [0.1, 0.15) is 26.2 Å². The molecule has 0 saturated heterocycles. The van der Waals surface area contributed by atoms with Crippen molar-refractivity contribution in [2.45, 2.75) is 37.1 Å². The molecule has 0 spiro atoms. The lowest BCUT2D eigenvalue weighted by atomic mass is 10.1. The normalized spacial score (nSPS) is 12.9. The van der Waals surface area contributed by atoms with E-state index in [2.05, 4.69) is 20.7 Å². The Labute approximate surface area is 132 Å². The average molecular weight is 380 g/mol. The van der Waals surface area contributed by atoms with Crippen LogP contribution in [-0.4, -0.2) is 32.6 Å². The molecule has 1 aromatic rings. The van der Waals surface area contributed by atoms with E-state index in [4.69, 9.17) is 9.84 Å². The smallest absolute Gasteiger partial charge is 0.321 e. The number of rotatable bonds is 8. The molecule has 0 amide bonds. The first-order valence-electron chi connectivity index (χ1n) is 6.40. The van der Waals surface area contributed by atoms with Crippen molar-refractivity contribution in [2.24, 2.45) is 0 Å². The van der Waals surface area contributed by atoms with Gasteiger partial charge in [0.05, 0.1) is 12.0 Å². The molecule has 0 aliphatic rings. The van der Waals surface area contributed by atoms with Gasteiger partial charge in [-0.3, -0.25) is 4.79 Å². The highest BCUT2D eigenvalue weighted by atomic mass is 79.9. The summed E-state index contributed by atoms with van der Waals surface area (Å²) in [5.74, 6) is -0.815. The van der Waals surface area contributed by atoms with E-state index in [9.17, 15) is 13.2 Å². The number of aliphatic carboxylic acids is 1. The number of hydrogen-bond acceptors (Lipinski definition) is 4. The standard InChI is InChI=1S/C13H18BrNO5S/c1-3-4-5-11(13(16)17)15-21(18,19)12-8-9(20-2)6-7-10(12)14/h6-8,11,15H,3-5H2,1-2H3,(H,16,17). The number of benzene rings is 1. The molecule has 0 radical (unpaired) electrons. The van der Waals surface area contributed by atoms with Gasteiger partial charge in [0.15, 0.2) is 0 Å². The average Bonchev–Trinajstić information content (AvgIpc) is 2.43. The Morgan fingerprint density at radius 3 is 2.67 bits per heavy atom. The molecule has 0 saturated carbocycles. The van der Waals surface area contributed by atoms with Crippen LogP contribution in [0.3, 0.4) is 0 Å². The van der Waals surface area contributed by atoms with Crippen molar-refractivity contribution >= 4 is 31.9 Å². The zero-order valence-electron chi connectivity index (χ0n) is 11.8. The first kappa shape index (κ1) is 17.9. The predicted molar refractivity (Wildman–Crippen MR) is 82.0 cm³/mol. The third-order valence-corrected chi connectivity index (χ3v) is 5.34. The van der Waals surface area contributed by atoms with Crippen molar-refractivity contribution in [2.75, 3.05) is 7.11 Å². The number of carboxylic acids is 1. The topological polar surface area (TPSA) is 92.7 Å². The van der Waals surface area contributed by atoms with Crippen LogP contribution in [0.15, 0.2) is 27.6 Å². The molecule has 0 aromatic heterocycles. The first-order chi connectivity index (χ1) is 9.81. The second kappa shape index (κ2) is 7.77. The molecule has 1 aromatic carbocycles. The van der Waals surface area contributed by atoms with Crippen molar-refractivity contribution in [3.63, 3.8) is 0 Å². The molecule has 2 N–H and O–H groups in total. The van der Waals surface area contributed by atoms with Gasteiger partial charge in [0.1, 0.15) is 11.8 Å². The number of unbranched alkanes of at least 4 members (excludes halogenated alkanes) is 1. The van der Waals surface area contributed by atoms with Crippen LogP contribution in [0.25, 0.3) is 0 Å². The Bertz CT molecular complexity index is 603. The largest absolute Gasteiger partial charge is 0.497 e. The fourth-order valence-corrected chi connectivity index (χ4v) is 3.91.